The van der Waals surface area contributed by atoms with Gasteiger partial charge in [0.1, 0.15) is 17.3 Å². The Labute approximate surface area is 240 Å². The molecule has 1 amide bonds. The Morgan fingerprint density at radius 2 is 1.92 bits per heavy atom. The van der Waals surface area contributed by atoms with Crippen LogP contribution in [0, 0.1) is 5.41 Å². The zero-order chi connectivity index (χ0) is 27.6. The van der Waals surface area contributed by atoms with Crippen molar-refractivity contribution in [3.8, 4) is 11.5 Å². The lowest BCUT2D eigenvalue weighted by molar-refractivity contribution is 0.0949. The predicted octanol–water partition coefficient (Wildman–Crippen LogP) is 3.53. The number of piperidine rings is 1. The monoisotopic (exact) mass is 603 g/mol. The summed E-state index contributed by atoms with van der Waals surface area (Å²) in [5.41, 5.74) is 3.59. The third-order valence-electron chi connectivity index (χ3n) is 7.10. The second-order valence-electron chi connectivity index (χ2n) is 9.97. The first-order valence-electron chi connectivity index (χ1n) is 13.1. The summed E-state index contributed by atoms with van der Waals surface area (Å²) in [6, 6.07) is 5.49. The number of aromatic nitrogens is 1. The van der Waals surface area contributed by atoms with Gasteiger partial charge in [-0.3, -0.25) is 15.0 Å². The molecule has 0 unspecified atom stereocenters. The lowest BCUT2D eigenvalue weighted by Crippen LogP contribution is -2.36. The maximum absolute atomic E-state index is 13.6. The van der Waals surface area contributed by atoms with Crippen LogP contribution >= 0.6 is 17.0 Å². The summed E-state index contributed by atoms with van der Waals surface area (Å²) in [5.74, 6) is 0.830. The molecule has 3 N–H and O–H groups in total. The van der Waals surface area contributed by atoms with Gasteiger partial charge in [-0.15, -0.1) is 17.0 Å². The minimum atomic E-state index is -0.393. The average molecular weight is 605 g/mol. The van der Waals surface area contributed by atoms with Gasteiger partial charge in [0, 0.05) is 37.8 Å². The molecule has 39 heavy (non-hydrogen) atoms. The van der Waals surface area contributed by atoms with Crippen LogP contribution in [0.5, 0.6) is 11.5 Å². The molecule has 2 aromatic rings. The summed E-state index contributed by atoms with van der Waals surface area (Å²) >= 11 is 0. The normalized spacial score (nSPS) is 15.2. The highest BCUT2D eigenvalue weighted by atomic mass is 79.9. The van der Waals surface area contributed by atoms with E-state index in [9.17, 15) is 14.7 Å². The van der Waals surface area contributed by atoms with E-state index in [1.165, 1.54) is 7.05 Å². The van der Waals surface area contributed by atoms with Crippen molar-refractivity contribution in [2.45, 2.75) is 52.2 Å². The van der Waals surface area contributed by atoms with Gasteiger partial charge < -0.3 is 29.7 Å². The zero-order valence-electron chi connectivity index (χ0n) is 23.2. The van der Waals surface area contributed by atoms with Crippen molar-refractivity contribution < 1.29 is 24.2 Å². The largest absolute Gasteiger partial charge is 0.494 e. The smallest absolute Gasteiger partial charge is 0.273 e. The molecule has 0 spiro atoms. The molecule has 0 atom stereocenters. The number of aliphatic hydroxyl groups excluding tert-OH is 1. The van der Waals surface area contributed by atoms with Crippen molar-refractivity contribution in [3.05, 3.63) is 46.3 Å². The van der Waals surface area contributed by atoms with E-state index in [4.69, 9.17) is 14.9 Å². The number of aliphatic hydroxyl groups is 1. The van der Waals surface area contributed by atoms with Gasteiger partial charge in [-0.1, -0.05) is 13.8 Å². The zero-order valence-corrected chi connectivity index (χ0v) is 24.9. The molecule has 1 fully saturated rings. The Hall–Kier alpha value is -3.18. The summed E-state index contributed by atoms with van der Waals surface area (Å²) in [7, 11) is 3.16. The topological polar surface area (TPSA) is 128 Å². The molecule has 0 aliphatic carbocycles. The highest BCUT2D eigenvalue weighted by molar-refractivity contribution is 8.93. The predicted molar refractivity (Wildman–Crippen MR) is 155 cm³/mol. The molecule has 11 heteroatoms. The van der Waals surface area contributed by atoms with Gasteiger partial charge in [-0.25, -0.2) is 4.98 Å². The lowest BCUT2D eigenvalue weighted by atomic mass is 9.95. The number of ketones is 1. The fourth-order valence-electron chi connectivity index (χ4n) is 5.03. The summed E-state index contributed by atoms with van der Waals surface area (Å²) in [5, 5.41) is 21.2. The van der Waals surface area contributed by atoms with E-state index in [1.807, 2.05) is 19.1 Å². The van der Waals surface area contributed by atoms with E-state index in [0.29, 0.717) is 56.1 Å². The first-order valence-corrected chi connectivity index (χ1v) is 13.1. The minimum absolute atomic E-state index is 0. The molecule has 0 saturated carbocycles. The van der Waals surface area contributed by atoms with Gasteiger partial charge in [0.05, 0.1) is 32.1 Å². The maximum Gasteiger partial charge on any atom is 0.273 e. The van der Waals surface area contributed by atoms with Crippen LogP contribution in [0.4, 0.5) is 5.69 Å². The molecule has 1 aromatic carbocycles. The molecule has 212 valence electrons. The lowest BCUT2D eigenvalue weighted by Gasteiger charge is -2.33. The molecule has 4 rings (SSSR count). The van der Waals surface area contributed by atoms with Gasteiger partial charge in [0.15, 0.2) is 17.2 Å². The molecule has 2 aliphatic rings. The van der Waals surface area contributed by atoms with Crippen LogP contribution in [-0.4, -0.2) is 79.0 Å². The number of carbonyl (C=O) groups is 2. The van der Waals surface area contributed by atoms with Crippen LogP contribution in [0.25, 0.3) is 0 Å². The third-order valence-corrected chi connectivity index (χ3v) is 7.10. The number of hydrogen-bond acceptors (Lipinski definition) is 8. The van der Waals surface area contributed by atoms with E-state index in [1.54, 1.807) is 18.1 Å². The molecule has 1 aromatic heterocycles. The number of ether oxygens (including phenoxy) is 2. The van der Waals surface area contributed by atoms with E-state index in [2.05, 4.69) is 29.0 Å². The number of Topliss-reactive ketones (excluding diaryl/α,β-unsaturated/α-hetero) is 1. The van der Waals surface area contributed by atoms with E-state index >= 15 is 0 Å². The van der Waals surface area contributed by atoms with E-state index < -0.39 is 5.91 Å². The summed E-state index contributed by atoms with van der Waals surface area (Å²) in [4.78, 5) is 34.2. The minimum Gasteiger partial charge on any atom is -0.494 e. The van der Waals surface area contributed by atoms with Gasteiger partial charge >= 0.3 is 0 Å². The number of benzene rings is 1. The summed E-state index contributed by atoms with van der Waals surface area (Å²) in [6.07, 6.45) is 1.02. The number of carbonyl (C=O) groups excluding carboxylic acids is 2. The standard InChI is InChI=1S/C28H37N5O5.BrH/c1-6-38-23-13-18-14-33(27(29)24(18)31-25(23)28(36)30-4)15-22(35)17-11-20(16(2)3)26(37-5)21(12-17)32-9-7-19(34)8-10-32;/h11-13,16,19,29,34H,6-10,14-15H2,1-5H3,(H,30,36);1H. The highest BCUT2D eigenvalue weighted by Crippen LogP contribution is 2.39. The number of halogens is 1. The molecular weight excluding hydrogens is 566 g/mol. The number of amidine groups is 1. The molecule has 10 nitrogen and oxygen atoms in total. The van der Waals surface area contributed by atoms with Crippen LogP contribution in [-0.2, 0) is 6.54 Å². The first-order chi connectivity index (χ1) is 18.2. The molecule has 0 bridgehead atoms. The Bertz CT molecular complexity index is 1240. The Morgan fingerprint density at radius 3 is 2.51 bits per heavy atom. The Kier molecular flexibility index (Phi) is 9.95. The second kappa shape index (κ2) is 12.8. The summed E-state index contributed by atoms with van der Waals surface area (Å²) < 4.78 is 11.4. The molecule has 1 saturated heterocycles. The van der Waals surface area contributed by atoms with Crippen LogP contribution in [0.1, 0.15) is 77.2 Å². The van der Waals surface area contributed by atoms with Crippen LogP contribution in [0.3, 0.4) is 0 Å². The number of pyridine rings is 1. The maximum atomic E-state index is 13.6. The SMILES string of the molecule is Br.CCOc1cc2c(nc1C(=O)NC)C(=N)N(CC(=O)c1cc(C(C)C)c(OC)c(N3CCC(O)CC3)c1)C2. The van der Waals surface area contributed by atoms with E-state index in [-0.39, 0.29) is 52.9 Å². The summed E-state index contributed by atoms with van der Waals surface area (Å²) in [6.45, 7) is 8.01. The van der Waals surface area contributed by atoms with Crippen LogP contribution in [0.2, 0.25) is 0 Å². The second-order valence-corrected chi connectivity index (χ2v) is 9.97. The van der Waals surface area contributed by atoms with Crippen LogP contribution < -0.4 is 19.7 Å². The first kappa shape index (κ1) is 30.4. The fraction of sp³-hybridized carbons (Fsp3) is 0.500. The molecule has 3 heterocycles. The van der Waals surface area contributed by atoms with Crippen molar-refractivity contribution >= 4 is 40.2 Å². The number of nitrogens with zero attached hydrogens (tertiary/aromatic N) is 3. The van der Waals surface area contributed by atoms with Gasteiger partial charge in [0.25, 0.3) is 5.91 Å². The van der Waals surface area contributed by atoms with Gasteiger partial charge in [-0.05, 0) is 49.4 Å². The van der Waals surface area contributed by atoms with E-state index in [0.717, 1.165) is 22.6 Å². The molecule has 0 radical (unpaired) electrons. The number of methoxy groups -OCH3 is 1. The number of hydrogen-bond donors (Lipinski definition) is 3. The number of fused-ring (bicyclic) bond motifs is 1. The molecule has 2 aliphatic heterocycles. The fourth-order valence-corrected chi connectivity index (χ4v) is 5.03. The Balaban J connectivity index is 0.00000420. The van der Waals surface area contributed by atoms with Gasteiger partial charge in [-0.2, -0.15) is 0 Å². The highest BCUT2D eigenvalue weighted by Gasteiger charge is 2.31. The Morgan fingerprint density at radius 1 is 1.23 bits per heavy atom. The number of nitrogens with one attached hydrogen (secondary N) is 2. The quantitative estimate of drug-likeness (QED) is 0.371. The van der Waals surface area contributed by atoms with Crippen LogP contribution in [0.15, 0.2) is 18.2 Å². The van der Waals surface area contributed by atoms with Gasteiger partial charge in [0.2, 0.25) is 0 Å². The van der Waals surface area contributed by atoms with Crippen molar-refractivity contribution in [2.75, 3.05) is 45.3 Å². The molecular formula is C28H38BrN5O5. The van der Waals surface area contributed by atoms with Crippen molar-refractivity contribution in [2.24, 2.45) is 0 Å². The van der Waals surface area contributed by atoms with Crippen molar-refractivity contribution in [3.63, 3.8) is 0 Å². The van der Waals surface area contributed by atoms with Crippen molar-refractivity contribution in [1.82, 2.24) is 15.2 Å². The van der Waals surface area contributed by atoms with Crippen molar-refractivity contribution in [1.29, 1.82) is 5.41 Å². The number of rotatable bonds is 9. The number of amides is 1. The third kappa shape index (κ3) is 6.19. The number of anilines is 1. The average Bonchev–Trinajstić information content (AvgIpc) is 3.21.